The molecule has 3 aliphatic rings. The number of aliphatic hydroxyl groups excluding tert-OH is 1. The summed E-state index contributed by atoms with van der Waals surface area (Å²) in [5.74, 6) is -1.20. The second-order valence-corrected chi connectivity index (χ2v) is 10.6. The van der Waals surface area contributed by atoms with E-state index < -0.39 is 17.4 Å². The number of nitrogens with zero attached hydrogens (tertiary/aromatic N) is 3. The Kier molecular flexibility index (Phi) is 7.42. The summed E-state index contributed by atoms with van der Waals surface area (Å²) in [4.78, 5) is 44.0. The first-order valence-corrected chi connectivity index (χ1v) is 13.5. The van der Waals surface area contributed by atoms with Gasteiger partial charge in [0.05, 0.1) is 18.3 Å². The van der Waals surface area contributed by atoms with Crippen LogP contribution in [-0.2, 0) is 33.0 Å². The molecule has 0 bridgehead atoms. The third-order valence-corrected chi connectivity index (χ3v) is 8.21. The van der Waals surface area contributed by atoms with E-state index in [0.29, 0.717) is 42.9 Å². The molecule has 3 heterocycles. The van der Waals surface area contributed by atoms with Gasteiger partial charge in [0, 0.05) is 49.6 Å². The zero-order valence-corrected chi connectivity index (χ0v) is 22.3. The Bertz CT molecular complexity index is 1340. The number of anilines is 2. The van der Waals surface area contributed by atoms with Crippen LogP contribution in [0, 0.1) is 5.92 Å². The van der Waals surface area contributed by atoms with Gasteiger partial charge >= 0.3 is 0 Å². The van der Waals surface area contributed by atoms with Gasteiger partial charge in [0.2, 0.25) is 11.8 Å². The smallest absolute Gasteiger partial charge is 0.264 e. The summed E-state index contributed by atoms with van der Waals surface area (Å²) in [6.07, 6.45) is 6.94. The molecule has 3 atom stereocenters. The van der Waals surface area contributed by atoms with Crippen molar-refractivity contribution >= 4 is 29.1 Å². The number of fused-ring (bicyclic) bond motifs is 2. The van der Waals surface area contributed by atoms with E-state index >= 15 is 0 Å². The first-order valence-electron chi connectivity index (χ1n) is 13.5. The Hall–Kier alpha value is -3.75. The van der Waals surface area contributed by atoms with Crippen molar-refractivity contribution in [2.24, 2.45) is 5.92 Å². The lowest BCUT2D eigenvalue weighted by molar-refractivity contribution is -0.139. The van der Waals surface area contributed by atoms with Gasteiger partial charge in [-0.05, 0) is 42.2 Å². The molecule has 0 spiro atoms. The third kappa shape index (κ3) is 4.68. The fraction of sp³-hybridized carbons (Fsp3) is 0.387. The van der Waals surface area contributed by atoms with Crippen molar-refractivity contribution in [3.63, 3.8) is 0 Å². The minimum absolute atomic E-state index is 0.0266. The van der Waals surface area contributed by atoms with Gasteiger partial charge in [-0.3, -0.25) is 14.4 Å². The number of aliphatic hydroxyl groups is 2. The molecule has 1 saturated heterocycles. The molecule has 2 aromatic carbocycles. The molecule has 204 valence electrons. The summed E-state index contributed by atoms with van der Waals surface area (Å²) in [6.45, 7) is 6.67. The third-order valence-electron chi connectivity index (χ3n) is 8.21. The van der Waals surface area contributed by atoms with E-state index in [-0.39, 0.29) is 37.4 Å². The summed E-state index contributed by atoms with van der Waals surface area (Å²) in [7, 11) is 0. The number of rotatable bonds is 8. The largest absolute Gasteiger partial charge is 0.394 e. The highest BCUT2D eigenvalue weighted by Gasteiger charge is 2.52. The molecule has 0 radical (unpaired) electrons. The van der Waals surface area contributed by atoms with Crippen LogP contribution in [0.25, 0.3) is 0 Å². The molecule has 0 aromatic heterocycles. The van der Waals surface area contributed by atoms with Gasteiger partial charge in [0.1, 0.15) is 0 Å². The molecule has 0 unspecified atom stereocenters. The van der Waals surface area contributed by atoms with Crippen LogP contribution in [0.4, 0.5) is 11.4 Å². The van der Waals surface area contributed by atoms with Crippen molar-refractivity contribution in [1.29, 1.82) is 0 Å². The Morgan fingerprint density at radius 3 is 2.67 bits per heavy atom. The number of carbonyl (C=O) groups excluding carboxylic acids is 3. The zero-order chi connectivity index (χ0) is 27.7. The molecule has 3 aliphatic heterocycles. The summed E-state index contributed by atoms with van der Waals surface area (Å²) in [5.41, 5.74) is 2.06. The number of hydrogen-bond donors (Lipinski definition) is 2. The Morgan fingerprint density at radius 2 is 1.97 bits per heavy atom. The van der Waals surface area contributed by atoms with Gasteiger partial charge in [-0.1, -0.05) is 49.4 Å². The number of carbonyl (C=O) groups is 3. The average molecular weight is 530 g/mol. The Labute approximate surface area is 228 Å². The highest BCUT2D eigenvalue weighted by Crippen LogP contribution is 2.47. The fourth-order valence-corrected chi connectivity index (χ4v) is 6.01. The predicted octanol–water partition coefficient (Wildman–Crippen LogP) is 3.06. The van der Waals surface area contributed by atoms with E-state index in [4.69, 9.17) is 0 Å². The maximum Gasteiger partial charge on any atom is 0.264 e. The SMILES string of the molecule is C=CCN1C(=O)[C@@](O)([C@@H](C)/C=C/CC(=O)N2Cc3ccccc3C[C@H]2CO)c2cc(N3CCCC3=O)ccc21. The van der Waals surface area contributed by atoms with E-state index in [0.717, 1.165) is 17.5 Å². The first-order chi connectivity index (χ1) is 18.8. The van der Waals surface area contributed by atoms with Crippen LogP contribution in [0.1, 0.15) is 42.9 Å². The molecule has 3 amide bonds. The van der Waals surface area contributed by atoms with Crippen LogP contribution in [0.15, 0.2) is 67.3 Å². The fourth-order valence-electron chi connectivity index (χ4n) is 6.01. The lowest BCUT2D eigenvalue weighted by atomic mass is 9.82. The van der Waals surface area contributed by atoms with Crippen LogP contribution in [-0.4, -0.2) is 58.6 Å². The monoisotopic (exact) mass is 529 g/mol. The van der Waals surface area contributed by atoms with Crippen molar-refractivity contribution in [2.45, 2.75) is 50.8 Å². The summed E-state index contributed by atoms with van der Waals surface area (Å²) in [6, 6.07) is 13.0. The van der Waals surface area contributed by atoms with Crippen LogP contribution in [0.5, 0.6) is 0 Å². The molecular weight excluding hydrogens is 494 g/mol. The van der Waals surface area contributed by atoms with E-state index in [9.17, 15) is 24.6 Å². The molecule has 2 N–H and O–H groups in total. The van der Waals surface area contributed by atoms with E-state index in [1.165, 1.54) is 4.90 Å². The number of benzene rings is 2. The molecule has 39 heavy (non-hydrogen) atoms. The van der Waals surface area contributed by atoms with Gasteiger partial charge in [0.15, 0.2) is 5.60 Å². The van der Waals surface area contributed by atoms with Gasteiger partial charge < -0.3 is 24.9 Å². The topological polar surface area (TPSA) is 101 Å². The number of hydrogen-bond acceptors (Lipinski definition) is 5. The zero-order valence-electron chi connectivity index (χ0n) is 22.3. The van der Waals surface area contributed by atoms with E-state index in [1.54, 1.807) is 47.1 Å². The maximum absolute atomic E-state index is 13.6. The summed E-state index contributed by atoms with van der Waals surface area (Å²) < 4.78 is 0. The highest BCUT2D eigenvalue weighted by atomic mass is 16.3. The first kappa shape index (κ1) is 26.8. The van der Waals surface area contributed by atoms with Gasteiger partial charge in [-0.15, -0.1) is 6.58 Å². The molecule has 8 nitrogen and oxygen atoms in total. The predicted molar refractivity (Wildman–Crippen MR) is 149 cm³/mol. The molecule has 0 saturated carbocycles. The summed E-state index contributed by atoms with van der Waals surface area (Å²) in [5, 5.41) is 21.8. The molecule has 1 fully saturated rings. The lowest BCUT2D eigenvalue weighted by Crippen LogP contribution is -2.46. The second-order valence-electron chi connectivity index (χ2n) is 10.6. The standard InChI is InChI=1S/C31H35N3O5/c1-3-15-33-27-14-13-24(32-16-7-12-28(32)36)18-26(27)31(39,30(33)38)21(2)8-6-11-29(37)34-19-23-10-5-4-9-22(23)17-25(34)20-35/h3-6,8-10,13-14,18,21,25,35,39H,1,7,11-12,15-17,19-20H2,2H3/b8-6+/t21-,25-,31+/m0/s1. The second kappa shape index (κ2) is 10.8. The molecule has 8 heteroatoms. The van der Waals surface area contributed by atoms with E-state index in [2.05, 4.69) is 6.58 Å². The maximum atomic E-state index is 13.6. The molecular formula is C31H35N3O5. The minimum atomic E-state index is -1.85. The van der Waals surface area contributed by atoms with Crippen molar-refractivity contribution in [3.05, 3.63) is 84.0 Å². The Balaban J connectivity index is 1.37. The van der Waals surface area contributed by atoms with Crippen LogP contribution >= 0.6 is 0 Å². The van der Waals surface area contributed by atoms with Crippen LogP contribution < -0.4 is 9.80 Å². The number of amides is 3. The molecule has 2 aromatic rings. The highest BCUT2D eigenvalue weighted by molar-refractivity contribution is 6.08. The van der Waals surface area contributed by atoms with Crippen molar-refractivity contribution < 1.29 is 24.6 Å². The average Bonchev–Trinajstić information content (AvgIpc) is 3.47. The van der Waals surface area contributed by atoms with Crippen molar-refractivity contribution in [2.75, 3.05) is 29.5 Å². The van der Waals surface area contributed by atoms with Crippen LogP contribution in [0.2, 0.25) is 0 Å². The quantitative estimate of drug-likeness (QED) is 0.512. The minimum Gasteiger partial charge on any atom is -0.394 e. The van der Waals surface area contributed by atoms with Crippen molar-refractivity contribution in [1.82, 2.24) is 4.90 Å². The van der Waals surface area contributed by atoms with Gasteiger partial charge in [0.25, 0.3) is 5.91 Å². The Morgan fingerprint density at radius 1 is 1.21 bits per heavy atom. The lowest BCUT2D eigenvalue weighted by Gasteiger charge is -2.36. The van der Waals surface area contributed by atoms with Gasteiger partial charge in [-0.25, -0.2) is 0 Å². The van der Waals surface area contributed by atoms with E-state index in [1.807, 2.05) is 30.3 Å². The van der Waals surface area contributed by atoms with Crippen LogP contribution in [0.3, 0.4) is 0 Å². The molecule has 0 aliphatic carbocycles. The summed E-state index contributed by atoms with van der Waals surface area (Å²) >= 11 is 0. The van der Waals surface area contributed by atoms with Gasteiger partial charge in [-0.2, -0.15) is 0 Å². The molecule has 5 rings (SSSR count). The van der Waals surface area contributed by atoms with Crippen molar-refractivity contribution in [3.8, 4) is 0 Å². The normalized spacial score (nSPS) is 23.4.